The van der Waals surface area contributed by atoms with Crippen LogP contribution in [-0.2, 0) is 19.0 Å². The number of ether oxygens (including phenoxy) is 3. The molecule has 5 rings (SSSR count). The number of nitrogens with two attached hydrogens (primary N) is 1. The second kappa shape index (κ2) is 15.0. The highest BCUT2D eigenvalue weighted by Crippen LogP contribution is 2.44. The molecule has 1 fully saturated rings. The summed E-state index contributed by atoms with van der Waals surface area (Å²) in [5.74, 6) is -1.02. The van der Waals surface area contributed by atoms with Gasteiger partial charge in [-0.2, -0.15) is 4.98 Å². The maximum Gasteiger partial charge on any atom is 0.516 e. The molecule has 5 atom stereocenters. The zero-order chi connectivity index (χ0) is 33.7. The van der Waals surface area contributed by atoms with Gasteiger partial charge in [-0.25, -0.2) is 4.79 Å². The monoisotopic (exact) mass is 664 g/mol. The third kappa shape index (κ3) is 8.40. The van der Waals surface area contributed by atoms with Crippen LogP contribution in [0.1, 0.15) is 55.9 Å². The summed E-state index contributed by atoms with van der Waals surface area (Å²) in [7, 11) is 0. The molecule has 0 bridgehead atoms. The van der Waals surface area contributed by atoms with Crippen molar-refractivity contribution in [3.63, 3.8) is 0 Å². The molecule has 0 amide bonds. The maximum atomic E-state index is 12.6. The SMILES string of the molecule is C=P(C)(C)CC[C@H]1OC(n2ccc(N)nc2=NCCCCC(C)C(=O)OC(=O)OCC2c3ccccc3-c3ccccc32)[C@H](O)[C@@H]1O. The van der Waals surface area contributed by atoms with Gasteiger partial charge in [0.1, 0.15) is 24.6 Å². The molecule has 0 radical (unpaired) electrons. The van der Waals surface area contributed by atoms with Gasteiger partial charge in [0.15, 0.2) is 6.23 Å². The first-order valence-corrected chi connectivity index (χ1v) is 19.1. The fraction of sp³-hybridized carbons (Fsp3) is 0.457. The van der Waals surface area contributed by atoms with Gasteiger partial charge in [-0.15, -0.1) is 13.2 Å². The van der Waals surface area contributed by atoms with Crippen molar-refractivity contribution >= 4 is 31.1 Å². The summed E-state index contributed by atoms with van der Waals surface area (Å²) in [5, 5.41) is 21.4. The van der Waals surface area contributed by atoms with Crippen LogP contribution in [0.25, 0.3) is 11.1 Å². The lowest BCUT2D eigenvalue weighted by atomic mass is 9.98. The number of rotatable bonds is 12. The number of carbonyl (C=O) groups is 2. The number of esters is 1. The number of nitrogen functional groups attached to an aromatic ring is 1. The average Bonchev–Trinajstić information content (AvgIpc) is 3.51. The van der Waals surface area contributed by atoms with Crippen molar-refractivity contribution in [3.8, 4) is 11.1 Å². The van der Waals surface area contributed by atoms with Gasteiger partial charge in [-0.1, -0.05) is 61.9 Å². The minimum absolute atomic E-state index is 0.0756. The molecule has 0 saturated carbocycles. The van der Waals surface area contributed by atoms with Crippen LogP contribution in [0.4, 0.5) is 10.6 Å². The zero-order valence-corrected chi connectivity index (χ0v) is 28.1. The van der Waals surface area contributed by atoms with E-state index < -0.39 is 49.5 Å². The van der Waals surface area contributed by atoms with Crippen LogP contribution < -0.4 is 11.4 Å². The molecule has 252 valence electrons. The first-order chi connectivity index (χ1) is 22.4. The van der Waals surface area contributed by atoms with Crippen LogP contribution in [0.15, 0.2) is 65.8 Å². The number of aromatic nitrogens is 2. The molecule has 0 spiro atoms. The van der Waals surface area contributed by atoms with Crippen molar-refractivity contribution in [3.05, 3.63) is 77.5 Å². The number of fused-ring (bicyclic) bond motifs is 3. The highest BCUT2D eigenvalue weighted by Gasteiger charge is 2.43. The molecule has 4 N–H and O–H groups in total. The van der Waals surface area contributed by atoms with E-state index in [1.54, 1.807) is 23.8 Å². The normalized spacial score (nSPS) is 21.7. The van der Waals surface area contributed by atoms with E-state index in [-0.39, 0.29) is 24.0 Å². The van der Waals surface area contributed by atoms with Crippen LogP contribution in [0.2, 0.25) is 0 Å². The highest BCUT2D eigenvalue weighted by molar-refractivity contribution is 7.72. The summed E-state index contributed by atoms with van der Waals surface area (Å²) in [4.78, 5) is 33.9. The van der Waals surface area contributed by atoms with Crippen molar-refractivity contribution in [1.82, 2.24) is 9.55 Å². The number of aliphatic hydroxyl groups is 2. The summed E-state index contributed by atoms with van der Waals surface area (Å²) < 4.78 is 18.1. The van der Waals surface area contributed by atoms with E-state index in [4.69, 9.17) is 19.9 Å². The lowest BCUT2D eigenvalue weighted by Crippen LogP contribution is -2.36. The number of unbranched alkanes of at least 4 members (excludes halogenated alkanes) is 1. The molecule has 1 saturated heterocycles. The van der Waals surface area contributed by atoms with Gasteiger partial charge in [-0.05, 0) is 67.1 Å². The van der Waals surface area contributed by atoms with E-state index in [0.29, 0.717) is 32.2 Å². The molecule has 2 unspecified atom stereocenters. The minimum Gasteiger partial charge on any atom is -0.433 e. The Morgan fingerprint density at radius 1 is 1.06 bits per heavy atom. The number of hydrogen-bond donors (Lipinski definition) is 3. The van der Waals surface area contributed by atoms with E-state index in [1.807, 2.05) is 36.4 Å². The van der Waals surface area contributed by atoms with Gasteiger partial charge in [0.25, 0.3) is 0 Å². The summed E-state index contributed by atoms with van der Waals surface area (Å²) in [6.07, 6.45) is 4.44. The lowest BCUT2D eigenvalue weighted by molar-refractivity contribution is -0.144. The van der Waals surface area contributed by atoms with Crippen LogP contribution in [0.5, 0.6) is 0 Å². The van der Waals surface area contributed by atoms with Gasteiger partial charge in [-0.3, -0.25) is 14.4 Å². The van der Waals surface area contributed by atoms with Gasteiger partial charge < -0.3 is 30.2 Å². The standard InChI is InChI=1S/C35H45N4O7P/c1-22(33(42)46-35(43)44-21-27-25-14-7-5-12-23(25)24-13-6-8-15-26(24)27)11-9-10-18-37-34-38-29(36)16-19-39(34)32-31(41)30(40)28(45-32)17-20-47(2,3)4/h5-8,12-16,19,22,27-28,30-32,40-41H,2,9-11,17-18,20-21H2,1,3-4H3,(H2,36,37,38)/t22?,28-,30-,31-,32?/m1/s1. The van der Waals surface area contributed by atoms with Gasteiger partial charge in [0, 0.05) is 18.7 Å². The van der Waals surface area contributed by atoms with Crippen molar-refractivity contribution < 1.29 is 34.0 Å². The molecule has 1 aliphatic heterocycles. The molecule has 2 aromatic carbocycles. The topological polar surface area (TPSA) is 158 Å². The number of carbonyl (C=O) groups excluding carboxylic acids is 2. The quantitative estimate of drug-likeness (QED) is 0.111. The predicted octanol–water partition coefficient (Wildman–Crippen LogP) is 4.38. The Hall–Kier alpha value is -3.76. The van der Waals surface area contributed by atoms with Gasteiger partial charge in [0.2, 0.25) is 5.62 Å². The molecular formula is C35H45N4O7P. The van der Waals surface area contributed by atoms with E-state index in [9.17, 15) is 19.8 Å². The van der Waals surface area contributed by atoms with Crippen molar-refractivity contribution in [1.29, 1.82) is 0 Å². The fourth-order valence-corrected chi connectivity index (χ4v) is 7.04. The molecule has 12 heteroatoms. The zero-order valence-electron chi connectivity index (χ0n) is 27.2. The van der Waals surface area contributed by atoms with Crippen LogP contribution in [-0.4, -0.2) is 89.1 Å². The molecule has 1 aromatic heterocycles. The Kier molecular flexibility index (Phi) is 11.0. The lowest BCUT2D eigenvalue weighted by Gasteiger charge is -2.19. The Labute approximate surface area is 275 Å². The molecule has 11 nitrogen and oxygen atoms in total. The van der Waals surface area contributed by atoms with Crippen LogP contribution in [0.3, 0.4) is 0 Å². The van der Waals surface area contributed by atoms with Crippen LogP contribution in [0, 0.1) is 5.92 Å². The van der Waals surface area contributed by atoms with Crippen molar-refractivity contribution in [2.24, 2.45) is 10.9 Å². The van der Waals surface area contributed by atoms with Gasteiger partial charge >= 0.3 is 12.1 Å². The molecule has 3 aromatic rings. The third-order valence-corrected chi connectivity index (χ3v) is 10.2. The molecule has 2 heterocycles. The Balaban J connectivity index is 1.09. The number of hydrogen-bond acceptors (Lipinski definition) is 10. The van der Waals surface area contributed by atoms with Crippen molar-refractivity contribution in [2.75, 3.05) is 38.4 Å². The third-order valence-electron chi connectivity index (χ3n) is 8.71. The van der Waals surface area contributed by atoms with Gasteiger partial charge in [0.05, 0.1) is 12.0 Å². The van der Waals surface area contributed by atoms with E-state index in [1.165, 1.54) is 0 Å². The largest absolute Gasteiger partial charge is 0.516 e. The Morgan fingerprint density at radius 2 is 1.72 bits per heavy atom. The molecule has 1 aliphatic carbocycles. The molecular weight excluding hydrogens is 619 g/mol. The van der Waals surface area contributed by atoms with E-state index in [0.717, 1.165) is 28.4 Å². The number of aliphatic hydroxyl groups excluding tert-OH is 2. The number of anilines is 1. The van der Waals surface area contributed by atoms with Crippen molar-refractivity contribution in [2.45, 2.75) is 63.1 Å². The molecule has 47 heavy (non-hydrogen) atoms. The average molecular weight is 665 g/mol. The summed E-state index contributed by atoms with van der Waals surface area (Å²) in [6.45, 7) is 5.07. The first-order valence-electron chi connectivity index (χ1n) is 16.0. The maximum absolute atomic E-state index is 12.6. The van der Waals surface area contributed by atoms with E-state index in [2.05, 4.69) is 41.7 Å². The fourth-order valence-electron chi connectivity index (χ4n) is 6.09. The van der Waals surface area contributed by atoms with Crippen LogP contribution >= 0.6 is 6.89 Å². The highest BCUT2D eigenvalue weighted by atomic mass is 31.2. The number of benzene rings is 2. The predicted molar refractivity (Wildman–Crippen MR) is 183 cm³/mol. The summed E-state index contributed by atoms with van der Waals surface area (Å²) in [5.41, 5.74) is 10.6. The second-order valence-electron chi connectivity index (χ2n) is 13.0. The Morgan fingerprint density at radius 3 is 2.38 bits per heavy atom. The van der Waals surface area contributed by atoms with E-state index >= 15 is 0 Å². The minimum atomic E-state index is -1.32. The summed E-state index contributed by atoms with van der Waals surface area (Å²) >= 11 is 0. The second-order valence-corrected chi connectivity index (χ2v) is 17.4. The smallest absolute Gasteiger partial charge is 0.433 e. The molecule has 2 aliphatic rings. The summed E-state index contributed by atoms with van der Waals surface area (Å²) in [6, 6.07) is 17.6. The number of nitrogens with zero attached hydrogens (tertiary/aromatic N) is 3. The first kappa shape index (κ1) is 34.6. The Bertz CT molecular complexity index is 1660.